The number of hydrogen-bond donors (Lipinski definition) is 0. The van der Waals surface area contributed by atoms with Crippen molar-refractivity contribution >= 4 is 5.97 Å². The lowest BCUT2D eigenvalue weighted by Crippen LogP contribution is -2.22. The van der Waals surface area contributed by atoms with Crippen molar-refractivity contribution in [3.05, 3.63) is 65.2 Å². The van der Waals surface area contributed by atoms with Gasteiger partial charge in [-0.1, -0.05) is 63.2 Å². The summed E-state index contributed by atoms with van der Waals surface area (Å²) < 4.78 is 5.41. The maximum Gasteiger partial charge on any atom is 0.312 e. The van der Waals surface area contributed by atoms with E-state index in [4.69, 9.17) is 4.74 Å². The van der Waals surface area contributed by atoms with Gasteiger partial charge in [0.1, 0.15) is 5.75 Å². The molecule has 0 amide bonds. The van der Waals surface area contributed by atoms with Gasteiger partial charge in [0.15, 0.2) is 0 Å². The van der Waals surface area contributed by atoms with Gasteiger partial charge in [-0.05, 0) is 22.6 Å². The first-order valence-electron chi connectivity index (χ1n) is 7.35. The van der Waals surface area contributed by atoms with E-state index in [2.05, 4.69) is 45.0 Å². The van der Waals surface area contributed by atoms with E-state index in [9.17, 15) is 4.79 Å². The Labute approximate surface area is 125 Å². The maximum atomic E-state index is 11.9. The average molecular weight is 280 g/mol. The number of ether oxygens (including phenoxy) is 1. The van der Waals surface area contributed by atoms with Crippen LogP contribution < -0.4 is 4.74 Å². The Hall–Kier alpha value is -2.09. The Morgan fingerprint density at radius 1 is 1.05 bits per heavy atom. The third kappa shape index (κ3) is 2.71. The number of hydrogen-bond acceptors (Lipinski definition) is 2. The highest BCUT2D eigenvalue weighted by Gasteiger charge is 2.29. The van der Waals surface area contributed by atoms with Crippen LogP contribution in [0, 0.1) is 0 Å². The lowest BCUT2D eigenvalue weighted by atomic mass is 9.81. The smallest absolute Gasteiger partial charge is 0.312 e. The molecule has 2 aromatic carbocycles. The first-order valence-corrected chi connectivity index (χ1v) is 7.35. The molecular weight excluding hydrogens is 260 g/mol. The van der Waals surface area contributed by atoms with Crippen LogP contribution in [0.1, 0.15) is 49.8 Å². The second-order valence-corrected chi connectivity index (χ2v) is 6.64. The second kappa shape index (κ2) is 5.03. The molecular formula is C19H20O2. The van der Waals surface area contributed by atoms with Crippen molar-refractivity contribution in [1.29, 1.82) is 0 Å². The minimum atomic E-state index is -0.153. The minimum Gasteiger partial charge on any atom is -0.426 e. The van der Waals surface area contributed by atoms with E-state index in [1.807, 2.05) is 24.3 Å². The zero-order chi connectivity index (χ0) is 15.0. The molecule has 0 aliphatic carbocycles. The van der Waals surface area contributed by atoms with Crippen LogP contribution >= 0.6 is 0 Å². The van der Waals surface area contributed by atoms with Gasteiger partial charge < -0.3 is 4.74 Å². The Bertz CT molecular complexity index is 666. The molecule has 1 atom stereocenters. The van der Waals surface area contributed by atoms with E-state index in [0.717, 1.165) is 5.56 Å². The molecule has 2 nitrogen and oxygen atoms in total. The first-order chi connectivity index (χ1) is 9.95. The Morgan fingerprint density at radius 3 is 2.43 bits per heavy atom. The number of carbonyl (C=O) groups is 1. The molecule has 21 heavy (non-hydrogen) atoms. The van der Waals surface area contributed by atoms with E-state index < -0.39 is 0 Å². The molecule has 2 heteroatoms. The van der Waals surface area contributed by atoms with E-state index >= 15 is 0 Å². The molecule has 1 heterocycles. The Morgan fingerprint density at radius 2 is 1.76 bits per heavy atom. The summed E-state index contributed by atoms with van der Waals surface area (Å²) in [6, 6.07) is 16.4. The Balaban J connectivity index is 2.12. The quantitative estimate of drug-likeness (QED) is 0.571. The van der Waals surface area contributed by atoms with Crippen LogP contribution in [0.5, 0.6) is 5.75 Å². The van der Waals surface area contributed by atoms with Crippen molar-refractivity contribution in [3.8, 4) is 5.75 Å². The van der Waals surface area contributed by atoms with Gasteiger partial charge in [-0.15, -0.1) is 0 Å². The standard InChI is InChI=1S/C19H20O2/c1-19(2,3)14-9-10-17-16(11-14)15(12-18(20)21-17)13-7-5-4-6-8-13/h4-11,15H,12H2,1-3H3. The van der Waals surface area contributed by atoms with Gasteiger partial charge >= 0.3 is 5.97 Å². The molecule has 0 saturated carbocycles. The molecule has 108 valence electrons. The topological polar surface area (TPSA) is 26.3 Å². The van der Waals surface area contributed by atoms with E-state index in [1.54, 1.807) is 0 Å². The lowest BCUT2D eigenvalue weighted by Gasteiger charge is -2.28. The lowest BCUT2D eigenvalue weighted by molar-refractivity contribution is -0.135. The van der Waals surface area contributed by atoms with Crippen LogP contribution in [0.2, 0.25) is 0 Å². The van der Waals surface area contributed by atoms with E-state index in [-0.39, 0.29) is 17.3 Å². The third-order valence-corrected chi connectivity index (χ3v) is 4.05. The van der Waals surface area contributed by atoms with Crippen molar-refractivity contribution < 1.29 is 9.53 Å². The highest BCUT2D eigenvalue weighted by molar-refractivity contribution is 5.77. The number of rotatable bonds is 1. The molecule has 1 unspecified atom stereocenters. The largest absolute Gasteiger partial charge is 0.426 e. The van der Waals surface area contributed by atoms with Crippen LogP contribution in [0.3, 0.4) is 0 Å². The fraction of sp³-hybridized carbons (Fsp3) is 0.316. The summed E-state index contributed by atoms with van der Waals surface area (Å²) in [7, 11) is 0. The van der Waals surface area contributed by atoms with Gasteiger partial charge in [0, 0.05) is 11.5 Å². The Kier molecular flexibility index (Phi) is 3.32. The summed E-state index contributed by atoms with van der Waals surface area (Å²) >= 11 is 0. The molecule has 0 N–H and O–H groups in total. The third-order valence-electron chi connectivity index (χ3n) is 4.05. The molecule has 2 aromatic rings. The van der Waals surface area contributed by atoms with Gasteiger partial charge in [0.05, 0.1) is 6.42 Å². The van der Waals surface area contributed by atoms with Gasteiger partial charge in [-0.25, -0.2) is 0 Å². The summed E-state index contributed by atoms with van der Waals surface area (Å²) in [4.78, 5) is 11.9. The van der Waals surface area contributed by atoms with Crippen molar-refractivity contribution in [2.24, 2.45) is 0 Å². The molecule has 0 saturated heterocycles. The first kappa shape index (κ1) is 13.9. The molecule has 0 radical (unpaired) electrons. The molecule has 0 spiro atoms. The van der Waals surface area contributed by atoms with Gasteiger partial charge in [0.25, 0.3) is 0 Å². The molecule has 0 aromatic heterocycles. The summed E-state index contributed by atoms with van der Waals surface area (Å²) in [5, 5.41) is 0. The second-order valence-electron chi connectivity index (χ2n) is 6.64. The minimum absolute atomic E-state index is 0.0811. The fourth-order valence-electron chi connectivity index (χ4n) is 2.80. The van der Waals surface area contributed by atoms with Gasteiger partial charge in [-0.3, -0.25) is 4.79 Å². The zero-order valence-corrected chi connectivity index (χ0v) is 12.7. The van der Waals surface area contributed by atoms with Gasteiger partial charge in [-0.2, -0.15) is 0 Å². The average Bonchev–Trinajstić information content (AvgIpc) is 2.46. The van der Waals surface area contributed by atoms with Crippen LogP contribution in [0.4, 0.5) is 0 Å². The van der Waals surface area contributed by atoms with Crippen LogP contribution in [0.25, 0.3) is 0 Å². The molecule has 0 bridgehead atoms. The number of esters is 1. The number of benzene rings is 2. The summed E-state index contributed by atoms with van der Waals surface area (Å²) in [5.41, 5.74) is 3.63. The predicted molar refractivity (Wildman–Crippen MR) is 83.7 cm³/mol. The molecule has 1 aliphatic heterocycles. The van der Waals surface area contributed by atoms with E-state index in [0.29, 0.717) is 12.2 Å². The molecule has 3 rings (SSSR count). The van der Waals surface area contributed by atoms with Crippen LogP contribution in [0.15, 0.2) is 48.5 Å². The van der Waals surface area contributed by atoms with Crippen molar-refractivity contribution in [2.45, 2.75) is 38.5 Å². The SMILES string of the molecule is CC(C)(C)c1ccc2c(c1)C(c1ccccc1)CC(=O)O2. The highest BCUT2D eigenvalue weighted by Crippen LogP contribution is 2.40. The number of fused-ring (bicyclic) bond motifs is 1. The van der Waals surface area contributed by atoms with Crippen LogP contribution in [-0.4, -0.2) is 5.97 Å². The van der Waals surface area contributed by atoms with Crippen molar-refractivity contribution in [1.82, 2.24) is 0 Å². The molecule has 1 aliphatic rings. The van der Waals surface area contributed by atoms with E-state index in [1.165, 1.54) is 11.1 Å². The predicted octanol–water partition coefficient (Wildman–Crippen LogP) is 4.43. The van der Waals surface area contributed by atoms with Crippen molar-refractivity contribution in [3.63, 3.8) is 0 Å². The maximum absolute atomic E-state index is 11.9. The van der Waals surface area contributed by atoms with Crippen molar-refractivity contribution in [2.75, 3.05) is 0 Å². The summed E-state index contributed by atoms with van der Waals surface area (Å²) in [6.07, 6.45) is 0.407. The van der Waals surface area contributed by atoms with Gasteiger partial charge in [0.2, 0.25) is 0 Å². The summed E-state index contributed by atoms with van der Waals surface area (Å²) in [6.45, 7) is 6.59. The van der Waals surface area contributed by atoms with Crippen LogP contribution in [-0.2, 0) is 10.2 Å². The summed E-state index contributed by atoms with van der Waals surface area (Å²) in [5.74, 6) is 0.637. The monoisotopic (exact) mass is 280 g/mol. The highest BCUT2D eigenvalue weighted by atomic mass is 16.5. The zero-order valence-electron chi connectivity index (χ0n) is 12.7. The fourth-order valence-corrected chi connectivity index (χ4v) is 2.80. The number of carbonyl (C=O) groups excluding carboxylic acids is 1. The normalized spacial score (nSPS) is 18.0. The molecule has 0 fully saturated rings.